The fraction of sp³-hybridized carbons (Fsp3) is 0.0233. The van der Waals surface area contributed by atoms with Crippen LogP contribution in [0.1, 0.15) is 25.3 Å². The molecular weight excluding hydrogens is 1670 g/mol. The molecular formula is C129H86N4O4. The Kier molecular flexibility index (Phi) is 19.3. The highest BCUT2D eigenvalue weighted by Gasteiger charge is 2.32. The Hall–Kier alpha value is -18.0. The van der Waals surface area contributed by atoms with Crippen LogP contribution in [0.3, 0.4) is 0 Å². The third-order valence-electron chi connectivity index (χ3n) is 27.6. The standard InChI is InChI=1S/C66H44N2O.C63H42N2O3/c1-6-21-45(22-7-1)48-37-39-54-57(41-48)58-43-60-55-40-38-51(67(49-27-12-4-13-28-49)61-34-18-16-31-52(61)46-23-8-2-9-24-46)42-65(55)69-64-36-20-33-56(66(60)64)59(58)44-63(54)68(50-29-14-5-15-30-50)62-35-19-17-32-53(62)47-25-10-3-11-26-47;1-38(2)39-30-32-43-50(34-39)51-36-53-46-33-31-42(64(40-16-5-3-6-17-40)54-25-13-23-48-44-20-9-11-27-57(44)67-62(48)54)35-60(46)66-59-29-15-22-47(61(53)59)52(51)37-56(43)65(41-18-7-4-8-19-41)55-26-14-24-49-45-21-10-12-28-58(45)68-63(49)55/h1-44H;3-38H,1-2H3. The second kappa shape index (κ2) is 33.1. The van der Waals surface area contributed by atoms with E-state index in [1.807, 2.05) is 18.2 Å². The number of anilines is 12. The van der Waals surface area contributed by atoms with Crippen molar-refractivity contribution in [2.24, 2.45) is 0 Å². The molecule has 646 valence electrons. The number of ether oxygens (including phenoxy) is 2. The minimum Gasteiger partial charge on any atom is -0.456 e. The molecule has 4 heterocycles. The molecule has 25 aromatic rings. The zero-order valence-electron chi connectivity index (χ0n) is 75.1. The van der Waals surface area contributed by atoms with Crippen molar-refractivity contribution >= 4 is 177 Å². The normalized spacial score (nSPS) is 11.9. The van der Waals surface area contributed by atoms with E-state index in [1.54, 1.807) is 0 Å². The third kappa shape index (κ3) is 13.6. The van der Waals surface area contributed by atoms with Gasteiger partial charge in [0.05, 0.1) is 39.8 Å². The number of para-hydroxylation sites is 10. The lowest BCUT2D eigenvalue weighted by Crippen LogP contribution is -2.12. The van der Waals surface area contributed by atoms with E-state index in [2.05, 4.69) is 494 Å². The molecule has 2 aromatic heterocycles. The van der Waals surface area contributed by atoms with Gasteiger partial charge in [-0.1, -0.05) is 329 Å². The van der Waals surface area contributed by atoms with Crippen molar-refractivity contribution in [1.82, 2.24) is 0 Å². The summed E-state index contributed by atoms with van der Waals surface area (Å²) in [5.74, 6) is 3.64. The van der Waals surface area contributed by atoms with Gasteiger partial charge in [-0.25, -0.2) is 0 Å². The highest BCUT2D eigenvalue weighted by Crippen LogP contribution is 2.58. The summed E-state index contributed by atoms with van der Waals surface area (Å²) in [5.41, 5.74) is 28.6. The molecule has 0 aliphatic carbocycles. The van der Waals surface area contributed by atoms with E-state index in [0.717, 1.165) is 217 Å². The van der Waals surface area contributed by atoms with Gasteiger partial charge in [-0.3, -0.25) is 0 Å². The number of benzene rings is 23. The van der Waals surface area contributed by atoms with Crippen LogP contribution in [-0.4, -0.2) is 0 Å². The molecule has 0 spiro atoms. The molecule has 0 radical (unpaired) electrons. The van der Waals surface area contributed by atoms with Gasteiger partial charge >= 0.3 is 0 Å². The van der Waals surface area contributed by atoms with Crippen molar-refractivity contribution in [2.75, 3.05) is 19.6 Å². The molecule has 8 heteroatoms. The molecule has 0 N–H and O–H groups in total. The van der Waals surface area contributed by atoms with Crippen molar-refractivity contribution in [3.05, 3.63) is 485 Å². The predicted molar refractivity (Wildman–Crippen MR) is 573 cm³/mol. The summed E-state index contributed by atoms with van der Waals surface area (Å²) >= 11 is 0. The van der Waals surface area contributed by atoms with Crippen LogP contribution in [0.25, 0.3) is 164 Å². The minimum atomic E-state index is 0.337. The first-order valence-corrected chi connectivity index (χ1v) is 46.9. The molecule has 2 aliphatic heterocycles. The van der Waals surface area contributed by atoms with E-state index >= 15 is 0 Å². The lowest BCUT2D eigenvalue weighted by atomic mass is 9.87. The molecule has 2 aliphatic rings. The van der Waals surface area contributed by atoms with Crippen LogP contribution in [-0.2, 0) is 0 Å². The van der Waals surface area contributed by atoms with Crippen molar-refractivity contribution in [3.8, 4) is 78.6 Å². The van der Waals surface area contributed by atoms with Gasteiger partial charge in [0.1, 0.15) is 34.2 Å². The monoisotopic (exact) mass is 1750 g/mol. The maximum Gasteiger partial charge on any atom is 0.159 e. The minimum absolute atomic E-state index is 0.337. The maximum absolute atomic E-state index is 7.08. The summed E-state index contributed by atoms with van der Waals surface area (Å²) in [5, 5.41) is 18.3. The smallest absolute Gasteiger partial charge is 0.159 e. The molecule has 0 atom stereocenters. The fourth-order valence-corrected chi connectivity index (χ4v) is 21.3. The highest BCUT2D eigenvalue weighted by molar-refractivity contribution is 6.29. The van der Waals surface area contributed by atoms with Gasteiger partial charge in [-0.05, 0) is 240 Å². The zero-order valence-corrected chi connectivity index (χ0v) is 75.1. The van der Waals surface area contributed by atoms with E-state index in [4.69, 9.17) is 18.3 Å². The summed E-state index contributed by atoms with van der Waals surface area (Å²) in [6, 6.07) is 172. The molecule has 0 saturated heterocycles. The quantitative estimate of drug-likeness (QED) is 0.0887. The summed E-state index contributed by atoms with van der Waals surface area (Å²) in [6.07, 6.45) is 0. The first-order chi connectivity index (χ1) is 67.8. The summed E-state index contributed by atoms with van der Waals surface area (Å²) in [6.45, 7) is 4.55. The van der Waals surface area contributed by atoms with Crippen molar-refractivity contribution in [2.45, 2.75) is 19.8 Å². The van der Waals surface area contributed by atoms with Gasteiger partial charge in [0.2, 0.25) is 0 Å². The maximum atomic E-state index is 7.08. The Morgan fingerprint density at radius 3 is 0.993 bits per heavy atom. The van der Waals surface area contributed by atoms with E-state index in [0.29, 0.717) is 5.92 Å². The molecule has 0 saturated carbocycles. The Bertz CT molecular complexity index is 9080. The number of hydrogen-bond donors (Lipinski definition) is 0. The van der Waals surface area contributed by atoms with Crippen LogP contribution in [0.4, 0.5) is 68.2 Å². The predicted octanol–water partition coefficient (Wildman–Crippen LogP) is 37.6. The van der Waals surface area contributed by atoms with Crippen LogP contribution in [0.2, 0.25) is 0 Å². The number of fused-ring (bicyclic) bond motifs is 18. The highest BCUT2D eigenvalue weighted by atomic mass is 16.5. The van der Waals surface area contributed by atoms with Crippen LogP contribution >= 0.6 is 0 Å². The van der Waals surface area contributed by atoms with Crippen molar-refractivity contribution < 1.29 is 18.3 Å². The molecule has 23 aromatic carbocycles. The zero-order chi connectivity index (χ0) is 90.7. The second-order valence-electron chi connectivity index (χ2n) is 35.8. The first kappa shape index (κ1) is 79.9. The second-order valence-corrected chi connectivity index (χ2v) is 35.8. The van der Waals surface area contributed by atoms with E-state index < -0.39 is 0 Å². The lowest BCUT2D eigenvalue weighted by Gasteiger charge is -2.31. The first-order valence-electron chi connectivity index (χ1n) is 46.9. The molecule has 0 unspecified atom stereocenters. The number of hydrogen-bond acceptors (Lipinski definition) is 8. The average molecular weight is 1760 g/mol. The number of furan rings is 2. The lowest BCUT2D eigenvalue weighted by molar-refractivity contribution is 0.487. The topological polar surface area (TPSA) is 57.7 Å². The Morgan fingerprint density at radius 1 is 0.175 bits per heavy atom. The summed E-state index contributed by atoms with van der Waals surface area (Å²) in [4.78, 5) is 9.45. The summed E-state index contributed by atoms with van der Waals surface area (Å²) in [7, 11) is 0. The number of nitrogens with zero attached hydrogens (tertiary/aromatic N) is 4. The average Bonchev–Trinajstić information content (AvgIpc) is 1.14. The van der Waals surface area contributed by atoms with Crippen LogP contribution < -0.4 is 29.1 Å². The Balaban J connectivity index is 0.000000142. The van der Waals surface area contributed by atoms with E-state index in [-0.39, 0.29) is 0 Å². The van der Waals surface area contributed by atoms with Gasteiger partial charge in [0, 0.05) is 106 Å². The van der Waals surface area contributed by atoms with Crippen LogP contribution in [0.5, 0.6) is 23.0 Å². The van der Waals surface area contributed by atoms with Gasteiger partial charge in [0.25, 0.3) is 0 Å². The number of rotatable bonds is 16. The van der Waals surface area contributed by atoms with Gasteiger partial charge in [0.15, 0.2) is 11.2 Å². The molecule has 137 heavy (non-hydrogen) atoms. The van der Waals surface area contributed by atoms with Crippen molar-refractivity contribution in [3.63, 3.8) is 0 Å². The third-order valence-corrected chi connectivity index (χ3v) is 27.6. The van der Waals surface area contributed by atoms with Crippen LogP contribution in [0, 0.1) is 0 Å². The molecule has 27 rings (SSSR count). The van der Waals surface area contributed by atoms with Crippen molar-refractivity contribution in [1.29, 1.82) is 0 Å². The Labute approximate surface area is 792 Å². The molecule has 0 fully saturated rings. The fourth-order valence-electron chi connectivity index (χ4n) is 21.3. The Morgan fingerprint density at radius 2 is 0.518 bits per heavy atom. The molecule has 0 bridgehead atoms. The summed E-state index contributed by atoms with van der Waals surface area (Å²) < 4.78 is 27.5. The van der Waals surface area contributed by atoms with Crippen LogP contribution in [0.15, 0.2) is 488 Å². The van der Waals surface area contributed by atoms with Gasteiger partial charge in [-0.2, -0.15) is 0 Å². The van der Waals surface area contributed by atoms with E-state index in [1.165, 1.54) is 43.8 Å². The van der Waals surface area contributed by atoms with E-state index in [9.17, 15) is 0 Å². The largest absolute Gasteiger partial charge is 0.456 e. The van der Waals surface area contributed by atoms with Gasteiger partial charge in [-0.15, -0.1) is 0 Å². The molecule has 0 amide bonds. The SMILES string of the molecule is CC(C)c1ccc2c(N(c3ccccc3)c3cccc4c3oc3ccccc34)cc3c4cccc5c4c(cc3c2c1)-c1ccc(N(c2ccccc2)c2cccc3c2oc2ccccc23)cc1O5.c1ccc(-c2ccc3c(N(c4ccccc4)c4ccccc4-c4ccccc4)cc4c5cccc6c5c(cc4c3c2)-c2ccc(N(c3ccccc3)c3ccccc3-c3ccccc3)cc2O6)cc1. The molecule has 8 nitrogen and oxygen atoms in total. The van der Waals surface area contributed by atoms with Gasteiger partial charge < -0.3 is 37.9 Å².